The highest BCUT2D eigenvalue weighted by atomic mass is 35.5. The molecule has 1 unspecified atom stereocenters. The summed E-state index contributed by atoms with van der Waals surface area (Å²) in [6, 6.07) is 8.97. The summed E-state index contributed by atoms with van der Waals surface area (Å²) in [7, 11) is 0. The van der Waals surface area contributed by atoms with E-state index < -0.39 is 0 Å². The van der Waals surface area contributed by atoms with E-state index in [1.54, 1.807) is 41.6 Å². The van der Waals surface area contributed by atoms with Crippen LogP contribution in [0.2, 0.25) is 5.02 Å². The lowest BCUT2D eigenvalue weighted by Crippen LogP contribution is -2.32. The molecule has 1 N–H and O–H groups in total. The first-order valence-corrected chi connectivity index (χ1v) is 8.15. The molecule has 2 aromatic rings. The van der Waals surface area contributed by atoms with Gasteiger partial charge < -0.3 is 10.2 Å². The van der Waals surface area contributed by atoms with Crippen LogP contribution in [0.15, 0.2) is 42.7 Å². The number of carbonyl (C=O) groups excluding carboxylic acids is 2. The quantitative estimate of drug-likeness (QED) is 0.928. The van der Waals surface area contributed by atoms with E-state index in [4.69, 9.17) is 11.6 Å². The van der Waals surface area contributed by atoms with Crippen molar-refractivity contribution in [3.63, 3.8) is 0 Å². The van der Waals surface area contributed by atoms with E-state index >= 15 is 0 Å². The highest BCUT2D eigenvalue weighted by molar-refractivity contribution is 6.30. The minimum absolute atomic E-state index is 0.0463. The van der Waals surface area contributed by atoms with Gasteiger partial charge >= 0.3 is 0 Å². The zero-order chi connectivity index (χ0) is 17.1. The van der Waals surface area contributed by atoms with Crippen molar-refractivity contribution < 1.29 is 9.59 Å². The number of rotatable bonds is 4. The normalized spacial score (nSPS) is 17.2. The Morgan fingerprint density at radius 1 is 1.33 bits per heavy atom. The van der Waals surface area contributed by atoms with E-state index in [0.29, 0.717) is 18.1 Å². The molecule has 1 aromatic carbocycles. The van der Waals surface area contributed by atoms with Gasteiger partial charge in [0.1, 0.15) is 0 Å². The molecule has 6 heteroatoms. The molecule has 3 rings (SSSR count). The molecule has 1 aliphatic heterocycles. The van der Waals surface area contributed by atoms with Gasteiger partial charge in [-0.25, -0.2) is 0 Å². The summed E-state index contributed by atoms with van der Waals surface area (Å²) in [6.45, 7) is 2.78. The molecule has 2 amide bonds. The van der Waals surface area contributed by atoms with Crippen molar-refractivity contribution in [1.29, 1.82) is 0 Å². The molecule has 0 saturated carbocycles. The Bertz CT molecular complexity index is 761. The minimum Gasteiger partial charge on any atom is -0.352 e. The highest BCUT2D eigenvalue weighted by Gasteiger charge is 2.34. The zero-order valence-electron chi connectivity index (χ0n) is 13.3. The molecule has 1 aromatic heterocycles. The number of carbonyl (C=O) groups is 2. The average molecular weight is 344 g/mol. The molecule has 0 spiro atoms. The molecule has 2 heterocycles. The predicted molar refractivity (Wildman–Crippen MR) is 92.7 cm³/mol. The monoisotopic (exact) mass is 343 g/mol. The van der Waals surface area contributed by atoms with Crippen LogP contribution < -0.4 is 10.2 Å². The highest BCUT2D eigenvalue weighted by Crippen LogP contribution is 2.26. The summed E-state index contributed by atoms with van der Waals surface area (Å²) in [5.74, 6) is -0.497. The SMILES string of the molecule is Cc1ccncc1CNC(=O)C1CC(=O)N(c2ccc(Cl)cc2)C1. The van der Waals surface area contributed by atoms with Crippen molar-refractivity contribution in [3.05, 3.63) is 58.9 Å². The van der Waals surface area contributed by atoms with Crippen molar-refractivity contribution in [3.8, 4) is 0 Å². The van der Waals surface area contributed by atoms with Crippen molar-refractivity contribution >= 4 is 29.1 Å². The number of hydrogen-bond acceptors (Lipinski definition) is 3. The van der Waals surface area contributed by atoms with Crippen LogP contribution in [-0.4, -0.2) is 23.3 Å². The van der Waals surface area contributed by atoms with Crippen LogP contribution in [0.1, 0.15) is 17.5 Å². The largest absolute Gasteiger partial charge is 0.352 e. The van der Waals surface area contributed by atoms with E-state index in [2.05, 4.69) is 10.3 Å². The fourth-order valence-electron chi connectivity index (χ4n) is 2.76. The molecule has 0 aliphatic carbocycles. The van der Waals surface area contributed by atoms with E-state index in [9.17, 15) is 9.59 Å². The molecule has 1 saturated heterocycles. The Morgan fingerprint density at radius 2 is 2.08 bits per heavy atom. The number of aromatic nitrogens is 1. The molecule has 1 aliphatic rings. The maximum atomic E-state index is 12.4. The van der Waals surface area contributed by atoms with Gasteiger partial charge in [-0.3, -0.25) is 14.6 Å². The Balaban J connectivity index is 1.62. The summed E-state index contributed by atoms with van der Waals surface area (Å²) in [5.41, 5.74) is 2.82. The second-order valence-electron chi connectivity index (χ2n) is 5.90. The molecule has 0 radical (unpaired) electrons. The van der Waals surface area contributed by atoms with Crippen LogP contribution in [-0.2, 0) is 16.1 Å². The van der Waals surface area contributed by atoms with Gasteiger partial charge in [-0.15, -0.1) is 0 Å². The molecule has 5 nitrogen and oxygen atoms in total. The van der Waals surface area contributed by atoms with Crippen molar-refractivity contribution in [2.24, 2.45) is 5.92 Å². The maximum absolute atomic E-state index is 12.4. The van der Waals surface area contributed by atoms with Crippen LogP contribution in [0.5, 0.6) is 0 Å². The zero-order valence-corrected chi connectivity index (χ0v) is 14.1. The lowest BCUT2D eigenvalue weighted by molar-refractivity contribution is -0.126. The fourth-order valence-corrected chi connectivity index (χ4v) is 2.89. The van der Waals surface area contributed by atoms with Gasteiger partial charge in [0.25, 0.3) is 0 Å². The Kier molecular flexibility index (Phi) is 4.81. The lowest BCUT2D eigenvalue weighted by atomic mass is 10.1. The first-order chi connectivity index (χ1) is 11.5. The van der Waals surface area contributed by atoms with Crippen molar-refractivity contribution in [2.75, 3.05) is 11.4 Å². The molecule has 0 bridgehead atoms. The summed E-state index contributed by atoms with van der Waals surface area (Å²) in [5, 5.41) is 3.52. The molecule has 24 heavy (non-hydrogen) atoms. The summed E-state index contributed by atoms with van der Waals surface area (Å²) in [4.78, 5) is 30.3. The average Bonchev–Trinajstić information content (AvgIpc) is 2.96. The molecule has 124 valence electrons. The number of aryl methyl sites for hydroxylation is 1. The van der Waals surface area contributed by atoms with Crippen LogP contribution in [0, 0.1) is 12.8 Å². The molecule has 1 fully saturated rings. The number of amides is 2. The molecular weight excluding hydrogens is 326 g/mol. The third kappa shape index (κ3) is 3.57. The van der Waals surface area contributed by atoms with Gasteiger partial charge in [0.15, 0.2) is 0 Å². The number of nitrogens with zero attached hydrogens (tertiary/aromatic N) is 2. The summed E-state index contributed by atoms with van der Waals surface area (Å²) >= 11 is 5.87. The van der Waals surface area contributed by atoms with Gasteiger partial charge in [-0.2, -0.15) is 0 Å². The van der Waals surface area contributed by atoms with E-state index in [1.807, 2.05) is 13.0 Å². The predicted octanol–water partition coefficient (Wildman–Crippen LogP) is 2.71. The number of anilines is 1. The van der Waals surface area contributed by atoms with Gasteiger partial charge in [-0.05, 0) is 48.4 Å². The second kappa shape index (κ2) is 7.01. The topological polar surface area (TPSA) is 62.3 Å². The van der Waals surface area contributed by atoms with Gasteiger partial charge in [0.2, 0.25) is 11.8 Å². The third-order valence-corrected chi connectivity index (χ3v) is 4.49. The minimum atomic E-state index is -0.342. The molecular formula is C18H18ClN3O2. The first kappa shape index (κ1) is 16.5. The second-order valence-corrected chi connectivity index (χ2v) is 6.34. The number of nitrogens with one attached hydrogen (secondary N) is 1. The smallest absolute Gasteiger partial charge is 0.227 e. The van der Waals surface area contributed by atoms with Crippen LogP contribution in [0.25, 0.3) is 0 Å². The van der Waals surface area contributed by atoms with E-state index in [-0.39, 0.29) is 24.2 Å². The Morgan fingerprint density at radius 3 is 2.79 bits per heavy atom. The van der Waals surface area contributed by atoms with Gasteiger partial charge in [0.05, 0.1) is 5.92 Å². The number of pyridine rings is 1. The summed E-state index contributed by atoms with van der Waals surface area (Å²) < 4.78 is 0. The van der Waals surface area contributed by atoms with Gasteiger partial charge in [-0.1, -0.05) is 11.6 Å². The first-order valence-electron chi connectivity index (χ1n) is 7.77. The number of hydrogen-bond donors (Lipinski definition) is 1. The van der Waals surface area contributed by atoms with Crippen molar-refractivity contribution in [2.45, 2.75) is 19.9 Å². The Labute approximate surface area is 145 Å². The van der Waals surface area contributed by atoms with Gasteiger partial charge in [0, 0.05) is 42.6 Å². The Hall–Kier alpha value is -2.40. The van der Waals surface area contributed by atoms with Crippen LogP contribution >= 0.6 is 11.6 Å². The number of benzene rings is 1. The summed E-state index contributed by atoms with van der Waals surface area (Å²) in [6.07, 6.45) is 3.69. The fraction of sp³-hybridized carbons (Fsp3) is 0.278. The van der Waals surface area contributed by atoms with E-state index in [1.165, 1.54) is 0 Å². The maximum Gasteiger partial charge on any atom is 0.227 e. The van der Waals surface area contributed by atoms with Crippen molar-refractivity contribution in [1.82, 2.24) is 10.3 Å². The molecule has 1 atom stereocenters. The number of halogens is 1. The third-order valence-electron chi connectivity index (χ3n) is 4.23. The van der Waals surface area contributed by atoms with Crippen LogP contribution in [0.3, 0.4) is 0 Å². The van der Waals surface area contributed by atoms with E-state index in [0.717, 1.165) is 16.8 Å². The lowest BCUT2D eigenvalue weighted by Gasteiger charge is -2.17. The van der Waals surface area contributed by atoms with Crippen LogP contribution in [0.4, 0.5) is 5.69 Å². The standard InChI is InChI=1S/C18H18ClN3O2/c1-12-6-7-20-9-14(12)10-21-18(24)13-8-17(23)22(11-13)16-4-2-15(19)3-5-16/h2-7,9,13H,8,10-11H2,1H3,(H,21,24).